The molecule has 1 heterocycles. The summed E-state index contributed by atoms with van der Waals surface area (Å²) in [5.41, 5.74) is 2.52. The van der Waals surface area contributed by atoms with E-state index in [9.17, 15) is 26.4 Å². The number of carboxylic acid groups (broad SMARTS) is 1. The number of aromatic nitrogens is 1. The molecule has 0 saturated carbocycles. The van der Waals surface area contributed by atoms with Crippen LogP contribution in [0.3, 0.4) is 0 Å². The van der Waals surface area contributed by atoms with Crippen LogP contribution in [-0.4, -0.2) is 49.1 Å². The highest BCUT2D eigenvalue weighted by Gasteiger charge is 2.22. The minimum absolute atomic E-state index is 0.0440. The van der Waals surface area contributed by atoms with Crippen molar-refractivity contribution in [1.29, 1.82) is 0 Å². The van der Waals surface area contributed by atoms with Crippen molar-refractivity contribution < 1.29 is 36.1 Å². The molecular formula is C27H26N2O8S2. The number of benzene rings is 3. The quantitative estimate of drug-likeness (QED) is 0.138. The second-order valence-corrected chi connectivity index (χ2v) is 12.3. The lowest BCUT2D eigenvalue weighted by Crippen LogP contribution is -2.31. The van der Waals surface area contributed by atoms with Crippen LogP contribution in [0.15, 0.2) is 71.6 Å². The zero-order valence-corrected chi connectivity index (χ0v) is 22.3. The number of fused-ring (bicyclic) bond motifs is 2. The van der Waals surface area contributed by atoms with Gasteiger partial charge >= 0.3 is 5.97 Å². The Morgan fingerprint density at radius 1 is 0.821 bits per heavy atom. The number of unbranched alkanes of at least 4 members (excludes halogenated alkanes) is 1. The molecule has 3 N–H and O–H groups in total. The predicted molar refractivity (Wildman–Crippen MR) is 146 cm³/mol. The van der Waals surface area contributed by atoms with Crippen LogP contribution in [0.2, 0.25) is 0 Å². The van der Waals surface area contributed by atoms with Gasteiger partial charge in [-0.25, -0.2) is 18.1 Å². The number of pyridine rings is 1. The molecule has 12 heteroatoms. The van der Waals surface area contributed by atoms with Gasteiger partial charge in [0.05, 0.1) is 21.7 Å². The van der Waals surface area contributed by atoms with Crippen molar-refractivity contribution in [3.8, 4) is 0 Å². The van der Waals surface area contributed by atoms with Gasteiger partial charge in [-0.15, -0.1) is 0 Å². The normalized spacial score (nSPS) is 12.0. The van der Waals surface area contributed by atoms with Crippen LogP contribution >= 0.6 is 0 Å². The average molecular weight is 571 g/mol. The van der Waals surface area contributed by atoms with Crippen molar-refractivity contribution in [3.63, 3.8) is 0 Å². The van der Waals surface area contributed by atoms with E-state index in [-0.39, 0.29) is 29.7 Å². The SMILES string of the molecule is O=C(O)CCc1cc(S(=O)(=O)NC(=O)c2cccc3nc4ccccc4cc23)ccc1CCCCS(=O)(=O)O. The number of hydrogen-bond acceptors (Lipinski definition) is 7. The number of carbonyl (C=O) groups excluding carboxylic acids is 1. The second kappa shape index (κ2) is 11.5. The van der Waals surface area contributed by atoms with E-state index in [1.165, 1.54) is 24.3 Å². The van der Waals surface area contributed by atoms with E-state index < -0.39 is 37.8 Å². The van der Waals surface area contributed by atoms with Gasteiger partial charge in [-0.05, 0) is 73.2 Å². The standard InChI is InChI=1S/C27H26N2O8S2/c30-26(31)14-12-19-16-21(13-11-18(19)6-3-4-15-38(33,34)35)39(36,37)29-27(32)22-8-5-10-25-23(22)17-20-7-1-2-9-24(20)28-25/h1-2,5,7-11,13,16-17H,3-4,6,12,14-15H2,(H,29,32)(H,30,31)(H,33,34,35). The third kappa shape index (κ3) is 7.16. The highest BCUT2D eigenvalue weighted by Crippen LogP contribution is 2.24. The Kier molecular flexibility index (Phi) is 8.28. The van der Waals surface area contributed by atoms with E-state index in [1.54, 1.807) is 18.2 Å². The monoisotopic (exact) mass is 570 g/mol. The number of nitrogens with one attached hydrogen (secondary N) is 1. The van der Waals surface area contributed by atoms with Crippen LogP contribution in [0.1, 0.15) is 40.7 Å². The van der Waals surface area contributed by atoms with E-state index in [4.69, 9.17) is 9.66 Å². The minimum Gasteiger partial charge on any atom is -0.481 e. The molecule has 3 aromatic carbocycles. The highest BCUT2D eigenvalue weighted by atomic mass is 32.2. The summed E-state index contributed by atoms with van der Waals surface area (Å²) in [7, 11) is -8.42. The fraction of sp³-hybridized carbons (Fsp3) is 0.222. The Morgan fingerprint density at radius 3 is 2.31 bits per heavy atom. The molecule has 0 saturated heterocycles. The third-order valence-corrected chi connectivity index (χ3v) is 8.36. The summed E-state index contributed by atoms with van der Waals surface area (Å²) < 4.78 is 59.3. The maximum atomic E-state index is 13.2. The van der Waals surface area contributed by atoms with Crippen molar-refractivity contribution in [1.82, 2.24) is 9.71 Å². The van der Waals surface area contributed by atoms with Crippen LogP contribution in [0, 0.1) is 0 Å². The zero-order chi connectivity index (χ0) is 28.2. The van der Waals surface area contributed by atoms with E-state index in [0.717, 1.165) is 10.9 Å². The number of carbonyl (C=O) groups is 2. The number of carboxylic acids is 1. The molecule has 0 fully saturated rings. The molecule has 0 aliphatic heterocycles. The lowest BCUT2D eigenvalue weighted by molar-refractivity contribution is -0.136. The molecule has 4 aromatic rings. The van der Waals surface area contributed by atoms with Gasteiger partial charge < -0.3 is 5.11 Å². The van der Waals surface area contributed by atoms with Crippen LogP contribution in [-0.2, 0) is 37.8 Å². The van der Waals surface area contributed by atoms with Gasteiger partial charge in [0.1, 0.15) is 0 Å². The van der Waals surface area contributed by atoms with Crippen LogP contribution in [0.4, 0.5) is 0 Å². The van der Waals surface area contributed by atoms with Gasteiger partial charge in [0, 0.05) is 22.8 Å². The molecule has 0 aliphatic carbocycles. The summed E-state index contributed by atoms with van der Waals surface area (Å²) in [4.78, 5) is 28.6. The zero-order valence-electron chi connectivity index (χ0n) is 20.7. The topological polar surface area (TPSA) is 168 Å². The highest BCUT2D eigenvalue weighted by molar-refractivity contribution is 7.90. The van der Waals surface area contributed by atoms with Gasteiger partial charge in [0.2, 0.25) is 0 Å². The first-order chi connectivity index (χ1) is 18.4. The lowest BCUT2D eigenvalue weighted by Gasteiger charge is -2.13. The summed E-state index contributed by atoms with van der Waals surface area (Å²) in [5.74, 6) is -2.31. The van der Waals surface area contributed by atoms with E-state index in [2.05, 4.69) is 9.71 Å². The van der Waals surface area contributed by atoms with Gasteiger partial charge in [-0.1, -0.05) is 30.3 Å². The molecule has 0 atom stereocenters. The first-order valence-electron chi connectivity index (χ1n) is 12.1. The Hall–Kier alpha value is -3.87. The molecule has 0 spiro atoms. The molecule has 204 valence electrons. The predicted octanol–water partition coefficient (Wildman–Crippen LogP) is 3.73. The van der Waals surface area contributed by atoms with Gasteiger partial charge in [0.15, 0.2) is 0 Å². The second-order valence-electron chi connectivity index (χ2n) is 9.06. The molecule has 0 radical (unpaired) electrons. The number of rotatable bonds is 11. The summed E-state index contributed by atoms with van der Waals surface area (Å²) in [6.45, 7) is 0. The molecule has 0 bridgehead atoms. The van der Waals surface area contributed by atoms with Crippen molar-refractivity contribution in [2.75, 3.05) is 5.75 Å². The maximum Gasteiger partial charge on any atom is 0.303 e. The van der Waals surface area contributed by atoms with Gasteiger partial charge in [-0.3, -0.25) is 14.1 Å². The summed E-state index contributed by atoms with van der Waals surface area (Å²) in [5, 5.41) is 10.4. The Labute approximate surface area is 225 Å². The first-order valence-corrected chi connectivity index (χ1v) is 15.2. The Balaban J connectivity index is 1.60. The fourth-order valence-corrected chi connectivity index (χ4v) is 5.91. The fourth-order valence-electron chi connectivity index (χ4n) is 4.32. The number of aliphatic carboxylic acids is 1. The largest absolute Gasteiger partial charge is 0.481 e. The van der Waals surface area contributed by atoms with E-state index in [1.807, 2.05) is 24.3 Å². The molecule has 4 rings (SSSR count). The average Bonchev–Trinajstić information content (AvgIpc) is 2.87. The Bertz CT molecular complexity index is 1780. The number of aryl methyl sites for hydroxylation is 2. The summed E-state index contributed by atoms with van der Waals surface area (Å²) in [6, 6.07) is 18.2. The molecule has 10 nitrogen and oxygen atoms in total. The summed E-state index contributed by atoms with van der Waals surface area (Å²) in [6.07, 6.45) is 0.719. The molecular weight excluding hydrogens is 544 g/mol. The molecule has 1 amide bonds. The molecule has 1 aromatic heterocycles. The smallest absolute Gasteiger partial charge is 0.303 e. The first kappa shape index (κ1) is 28.1. The van der Waals surface area contributed by atoms with Crippen LogP contribution < -0.4 is 4.72 Å². The Morgan fingerprint density at radius 2 is 1.56 bits per heavy atom. The summed E-state index contributed by atoms with van der Waals surface area (Å²) >= 11 is 0. The van der Waals surface area contributed by atoms with Gasteiger partial charge in [0.25, 0.3) is 26.0 Å². The van der Waals surface area contributed by atoms with Crippen molar-refractivity contribution in [3.05, 3.63) is 83.4 Å². The van der Waals surface area contributed by atoms with Crippen molar-refractivity contribution in [2.24, 2.45) is 0 Å². The van der Waals surface area contributed by atoms with Crippen LogP contribution in [0.25, 0.3) is 21.8 Å². The van der Waals surface area contributed by atoms with Crippen molar-refractivity contribution in [2.45, 2.75) is 37.0 Å². The molecule has 0 unspecified atom stereocenters. The minimum atomic E-state index is -4.32. The number of sulfonamides is 1. The van der Waals surface area contributed by atoms with E-state index in [0.29, 0.717) is 34.9 Å². The third-order valence-electron chi connectivity index (χ3n) is 6.23. The molecule has 39 heavy (non-hydrogen) atoms. The van der Waals surface area contributed by atoms with Gasteiger partial charge in [-0.2, -0.15) is 8.42 Å². The van der Waals surface area contributed by atoms with E-state index >= 15 is 0 Å². The number of para-hydroxylation sites is 1. The molecule has 0 aliphatic rings. The lowest BCUT2D eigenvalue weighted by atomic mass is 9.98. The number of hydrogen-bond donors (Lipinski definition) is 3. The van der Waals surface area contributed by atoms with Crippen LogP contribution in [0.5, 0.6) is 0 Å². The number of nitrogens with zero attached hydrogens (tertiary/aromatic N) is 1. The maximum absolute atomic E-state index is 13.2. The van der Waals surface area contributed by atoms with Crippen molar-refractivity contribution >= 4 is 53.8 Å². The number of amides is 1.